The number of hydrogen-bond donors (Lipinski definition) is 0. The smallest absolute Gasteiger partial charge is 0.0154 e. The summed E-state index contributed by atoms with van der Waals surface area (Å²) in [7, 11) is 0. The molecular formula is C25H36. The van der Waals surface area contributed by atoms with Gasteiger partial charge in [-0.15, -0.1) is 0 Å². The third kappa shape index (κ3) is 6.38. The van der Waals surface area contributed by atoms with Gasteiger partial charge in [-0.3, -0.25) is 0 Å². The molecule has 25 heavy (non-hydrogen) atoms. The molecule has 0 saturated heterocycles. The van der Waals surface area contributed by atoms with Crippen molar-refractivity contribution in [1.29, 1.82) is 0 Å². The number of fused-ring (bicyclic) bond motifs is 1. The lowest BCUT2D eigenvalue weighted by molar-refractivity contribution is 1.43. The fourth-order valence-corrected chi connectivity index (χ4v) is 2.67. The fraction of sp³-hybridized carbons (Fsp3) is 0.360. The second-order valence-electron chi connectivity index (χ2n) is 5.38. The first-order valence-electron chi connectivity index (χ1n) is 9.71. The van der Waals surface area contributed by atoms with Crippen LogP contribution in [0.5, 0.6) is 0 Å². The van der Waals surface area contributed by atoms with Gasteiger partial charge in [-0.25, -0.2) is 0 Å². The molecule has 0 bridgehead atoms. The van der Waals surface area contributed by atoms with Crippen LogP contribution in [0.3, 0.4) is 0 Å². The van der Waals surface area contributed by atoms with Gasteiger partial charge in [-0.05, 0) is 54.3 Å². The first-order chi connectivity index (χ1) is 12.1. The van der Waals surface area contributed by atoms with E-state index in [1.807, 2.05) is 41.5 Å². The van der Waals surface area contributed by atoms with Gasteiger partial charge in [0.25, 0.3) is 0 Å². The topological polar surface area (TPSA) is 0 Å². The van der Waals surface area contributed by atoms with E-state index in [0.29, 0.717) is 0 Å². The lowest BCUT2D eigenvalue weighted by Gasteiger charge is -2.08. The first-order valence-corrected chi connectivity index (χ1v) is 9.71. The Morgan fingerprint density at radius 3 is 1.56 bits per heavy atom. The monoisotopic (exact) mass is 336 g/mol. The van der Waals surface area contributed by atoms with Crippen LogP contribution in [0.4, 0.5) is 0 Å². The van der Waals surface area contributed by atoms with Crippen LogP contribution in [-0.4, -0.2) is 0 Å². The molecule has 0 aliphatic heterocycles. The van der Waals surface area contributed by atoms with Gasteiger partial charge in [0.2, 0.25) is 0 Å². The number of hydrogen-bond acceptors (Lipinski definition) is 0. The average Bonchev–Trinajstić information content (AvgIpc) is 2.66. The van der Waals surface area contributed by atoms with E-state index < -0.39 is 0 Å². The van der Waals surface area contributed by atoms with Gasteiger partial charge in [0.05, 0.1) is 0 Å². The summed E-state index contributed by atoms with van der Waals surface area (Å²) in [4.78, 5) is 0. The largest absolute Gasteiger partial charge is 0.0683 e. The fourth-order valence-electron chi connectivity index (χ4n) is 2.67. The van der Waals surface area contributed by atoms with E-state index in [1.54, 1.807) is 0 Å². The van der Waals surface area contributed by atoms with Gasteiger partial charge < -0.3 is 0 Å². The quantitative estimate of drug-likeness (QED) is 0.418. The molecule has 3 aromatic rings. The van der Waals surface area contributed by atoms with Crippen molar-refractivity contribution >= 4 is 10.8 Å². The van der Waals surface area contributed by atoms with E-state index in [2.05, 4.69) is 75.4 Å². The molecule has 0 nitrogen and oxygen atoms in total. The number of aryl methyl sites for hydroxylation is 3. The summed E-state index contributed by atoms with van der Waals surface area (Å²) in [5, 5.41) is 2.68. The lowest BCUT2D eigenvalue weighted by atomic mass is 9.97. The molecular weight excluding hydrogens is 300 g/mol. The Balaban J connectivity index is 0.000000871. The van der Waals surface area contributed by atoms with Gasteiger partial charge in [0.1, 0.15) is 0 Å². The second-order valence-corrected chi connectivity index (χ2v) is 5.38. The maximum Gasteiger partial charge on any atom is -0.0154 e. The zero-order valence-corrected chi connectivity index (χ0v) is 17.7. The van der Waals surface area contributed by atoms with Crippen molar-refractivity contribution < 1.29 is 0 Å². The molecule has 0 aliphatic rings. The Kier molecular flexibility index (Phi) is 11.3. The van der Waals surface area contributed by atoms with E-state index >= 15 is 0 Å². The Hall–Kier alpha value is -2.08. The van der Waals surface area contributed by atoms with Crippen LogP contribution in [-0.2, 0) is 0 Å². The highest BCUT2D eigenvalue weighted by Crippen LogP contribution is 2.27. The summed E-state index contributed by atoms with van der Waals surface area (Å²) in [6.07, 6.45) is 0. The van der Waals surface area contributed by atoms with Crippen LogP contribution in [0.1, 0.15) is 58.2 Å². The predicted octanol–water partition coefficient (Wildman–Crippen LogP) is 8.51. The molecule has 0 saturated carbocycles. The molecule has 0 aromatic heterocycles. The third-order valence-corrected chi connectivity index (χ3v) is 3.69. The molecule has 0 N–H and O–H groups in total. The van der Waals surface area contributed by atoms with Crippen molar-refractivity contribution in [2.24, 2.45) is 0 Å². The highest BCUT2D eigenvalue weighted by molar-refractivity contribution is 5.90. The van der Waals surface area contributed by atoms with Crippen molar-refractivity contribution in [3.8, 4) is 11.1 Å². The molecule has 0 heteroatoms. The maximum atomic E-state index is 2.29. The van der Waals surface area contributed by atoms with Crippen molar-refractivity contribution in [3.63, 3.8) is 0 Å². The highest BCUT2D eigenvalue weighted by Gasteiger charge is 2.02. The molecule has 0 atom stereocenters. The van der Waals surface area contributed by atoms with Crippen LogP contribution in [0.25, 0.3) is 21.9 Å². The first kappa shape index (κ1) is 22.9. The molecule has 3 aromatic carbocycles. The highest BCUT2D eigenvalue weighted by atomic mass is 14.1. The molecule has 0 heterocycles. The average molecular weight is 337 g/mol. The van der Waals surface area contributed by atoms with Crippen LogP contribution in [0.15, 0.2) is 54.6 Å². The van der Waals surface area contributed by atoms with Gasteiger partial charge in [0, 0.05) is 0 Å². The molecule has 0 fully saturated rings. The summed E-state index contributed by atoms with van der Waals surface area (Å²) in [5.74, 6) is 0. The van der Waals surface area contributed by atoms with Gasteiger partial charge in [0.15, 0.2) is 0 Å². The van der Waals surface area contributed by atoms with Crippen LogP contribution < -0.4 is 0 Å². The molecule has 0 amide bonds. The molecule has 136 valence electrons. The molecule has 3 rings (SSSR count). The van der Waals surface area contributed by atoms with E-state index in [1.165, 1.54) is 38.6 Å². The zero-order valence-electron chi connectivity index (χ0n) is 17.7. The molecule has 0 aliphatic carbocycles. The Labute approximate surface area is 155 Å². The Morgan fingerprint density at radius 2 is 1.00 bits per heavy atom. The number of rotatable bonds is 1. The van der Waals surface area contributed by atoms with E-state index in [0.717, 1.165) is 0 Å². The van der Waals surface area contributed by atoms with Crippen LogP contribution >= 0.6 is 0 Å². The summed E-state index contributed by atoms with van der Waals surface area (Å²) >= 11 is 0. The van der Waals surface area contributed by atoms with E-state index in [-0.39, 0.29) is 0 Å². The lowest BCUT2D eigenvalue weighted by Crippen LogP contribution is -1.84. The van der Waals surface area contributed by atoms with Gasteiger partial charge in [-0.1, -0.05) is 101 Å². The van der Waals surface area contributed by atoms with E-state index in [4.69, 9.17) is 0 Å². The summed E-state index contributed by atoms with van der Waals surface area (Å²) in [5.41, 5.74) is 6.55. The minimum absolute atomic E-state index is 1.28. The zero-order chi connectivity index (χ0) is 19.4. The van der Waals surface area contributed by atoms with E-state index in [9.17, 15) is 0 Å². The van der Waals surface area contributed by atoms with Crippen molar-refractivity contribution in [2.45, 2.75) is 62.3 Å². The molecule has 0 spiro atoms. The predicted molar refractivity (Wildman–Crippen MR) is 118 cm³/mol. The summed E-state index contributed by atoms with van der Waals surface area (Å²) in [6, 6.07) is 20.0. The van der Waals surface area contributed by atoms with Gasteiger partial charge >= 0.3 is 0 Å². The molecule has 0 radical (unpaired) electrons. The summed E-state index contributed by atoms with van der Waals surface area (Å²) < 4.78 is 0. The normalized spacial score (nSPS) is 9.00. The summed E-state index contributed by atoms with van der Waals surface area (Å²) in [6.45, 7) is 18.5. The molecule has 0 unspecified atom stereocenters. The standard InChI is InChI=1S/C19H18.3C2H6/c1-13-4-6-16(7-5-13)17-8-9-19-15(3)10-14(2)11-18(19)12-17;3*1-2/h4-12H,1-3H3;3*1-2H3. The van der Waals surface area contributed by atoms with Crippen molar-refractivity contribution in [2.75, 3.05) is 0 Å². The minimum Gasteiger partial charge on any atom is -0.0683 e. The SMILES string of the molecule is CC.CC.CC.Cc1ccc(-c2ccc3c(C)cc(C)cc3c2)cc1. The van der Waals surface area contributed by atoms with Crippen molar-refractivity contribution in [1.82, 2.24) is 0 Å². The maximum absolute atomic E-state index is 2.29. The number of benzene rings is 3. The van der Waals surface area contributed by atoms with Crippen LogP contribution in [0.2, 0.25) is 0 Å². The van der Waals surface area contributed by atoms with Crippen molar-refractivity contribution in [3.05, 3.63) is 71.3 Å². The third-order valence-electron chi connectivity index (χ3n) is 3.69. The minimum atomic E-state index is 1.28. The van der Waals surface area contributed by atoms with Gasteiger partial charge in [-0.2, -0.15) is 0 Å². The Bertz CT molecular complexity index is 734. The second kappa shape index (κ2) is 12.3. The van der Waals surface area contributed by atoms with Crippen LogP contribution in [0, 0.1) is 20.8 Å². The Morgan fingerprint density at radius 1 is 0.480 bits per heavy atom.